The first-order valence-corrected chi connectivity index (χ1v) is 5.90. The van der Waals surface area contributed by atoms with Crippen LogP contribution >= 0.6 is 12.4 Å². The van der Waals surface area contributed by atoms with Gasteiger partial charge in [-0.05, 0) is 36.6 Å². The Labute approximate surface area is 115 Å². The van der Waals surface area contributed by atoms with Gasteiger partial charge in [-0.2, -0.15) is 0 Å². The van der Waals surface area contributed by atoms with Crippen LogP contribution in [0.2, 0.25) is 0 Å². The van der Waals surface area contributed by atoms with Crippen molar-refractivity contribution in [3.05, 3.63) is 59.7 Å². The second-order valence-electron chi connectivity index (χ2n) is 4.19. The van der Waals surface area contributed by atoms with Crippen molar-refractivity contribution >= 4 is 23.8 Å². The van der Waals surface area contributed by atoms with E-state index in [1.54, 1.807) is 0 Å². The van der Waals surface area contributed by atoms with Gasteiger partial charge in [-0.3, -0.25) is 0 Å². The summed E-state index contributed by atoms with van der Waals surface area (Å²) < 4.78 is 0. The highest BCUT2D eigenvalue weighted by Gasteiger charge is 1.99. The van der Waals surface area contributed by atoms with Crippen LogP contribution < -0.4 is 11.1 Å². The van der Waals surface area contributed by atoms with Gasteiger partial charge in [-0.1, -0.05) is 36.4 Å². The lowest BCUT2D eigenvalue weighted by Crippen LogP contribution is -2.07. The molecule has 0 bridgehead atoms. The van der Waals surface area contributed by atoms with Crippen LogP contribution in [0.1, 0.15) is 11.1 Å². The zero-order valence-electron chi connectivity index (χ0n) is 10.5. The zero-order valence-corrected chi connectivity index (χ0v) is 11.3. The molecule has 2 aromatic rings. The number of rotatable bonds is 4. The van der Waals surface area contributed by atoms with Crippen LogP contribution in [-0.2, 0) is 6.42 Å². The number of nitrogen functional groups attached to an aromatic ring is 1. The molecule has 0 heterocycles. The maximum Gasteiger partial charge on any atom is 0.0369 e. The molecule has 0 radical (unpaired) electrons. The summed E-state index contributed by atoms with van der Waals surface area (Å²) in [6.07, 6.45) is 0.945. The Morgan fingerprint density at radius 2 is 1.67 bits per heavy atom. The van der Waals surface area contributed by atoms with Crippen LogP contribution in [0.3, 0.4) is 0 Å². The maximum absolute atomic E-state index is 5.90. The molecule has 0 saturated heterocycles. The molecule has 96 valence electrons. The third kappa shape index (κ3) is 3.67. The molecule has 0 atom stereocenters. The fourth-order valence-electron chi connectivity index (χ4n) is 1.86. The molecule has 18 heavy (non-hydrogen) atoms. The molecule has 0 amide bonds. The Bertz CT molecular complexity index is 452. The van der Waals surface area contributed by atoms with Gasteiger partial charge in [0.15, 0.2) is 0 Å². The molecule has 3 N–H and O–H groups in total. The largest absolute Gasteiger partial charge is 0.399 e. The number of hydrogen-bond acceptors (Lipinski definition) is 2. The van der Waals surface area contributed by atoms with Crippen molar-refractivity contribution in [2.24, 2.45) is 0 Å². The van der Waals surface area contributed by atoms with Crippen LogP contribution in [0, 0.1) is 6.92 Å². The van der Waals surface area contributed by atoms with Gasteiger partial charge in [0.05, 0.1) is 0 Å². The number of benzene rings is 2. The summed E-state index contributed by atoms with van der Waals surface area (Å²) >= 11 is 0. The summed E-state index contributed by atoms with van der Waals surface area (Å²) in [6.45, 7) is 3.01. The van der Waals surface area contributed by atoms with Gasteiger partial charge in [0, 0.05) is 17.9 Å². The first-order valence-electron chi connectivity index (χ1n) is 5.90. The SMILES string of the molecule is Cc1ccccc1NCCc1ccccc1N.Cl. The monoisotopic (exact) mass is 262 g/mol. The molecule has 2 nitrogen and oxygen atoms in total. The highest BCUT2D eigenvalue weighted by Crippen LogP contribution is 2.14. The van der Waals surface area contributed by atoms with E-state index in [4.69, 9.17) is 5.73 Å². The van der Waals surface area contributed by atoms with Gasteiger partial charge in [0.1, 0.15) is 0 Å². The van der Waals surface area contributed by atoms with Gasteiger partial charge in [-0.15, -0.1) is 12.4 Å². The van der Waals surface area contributed by atoms with Crippen molar-refractivity contribution in [3.8, 4) is 0 Å². The molecule has 0 saturated carbocycles. The van der Waals surface area contributed by atoms with Crippen LogP contribution in [0.5, 0.6) is 0 Å². The highest BCUT2D eigenvalue weighted by molar-refractivity contribution is 5.85. The van der Waals surface area contributed by atoms with E-state index in [1.165, 1.54) is 16.8 Å². The summed E-state index contributed by atoms with van der Waals surface area (Å²) in [6, 6.07) is 16.3. The smallest absolute Gasteiger partial charge is 0.0369 e. The Balaban J connectivity index is 0.00000162. The summed E-state index contributed by atoms with van der Waals surface area (Å²) in [5.74, 6) is 0. The summed E-state index contributed by atoms with van der Waals surface area (Å²) in [7, 11) is 0. The number of halogens is 1. The molecule has 0 fully saturated rings. The lowest BCUT2D eigenvalue weighted by molar-refractivity contribution is 1.02. The van der Waals surface area contributed by atoms with Crippen LogP contribution in [0.4, 0.5) is 11.4 Å². The van der Waals surface area contributed by atoms with Crippen molar-refractivity contribution in [1.82, 2.24) is 0 Å². The van der Waals surface area contributed by atoms with Crippen molar-refractivity contribution in [3.63, 3.8) is 0 Å². The normalized spacial score (nSPS) is 9.61. The number of aryl methyl sites for hydroxylation is 1. The molecule has 0 aromatic heterocycles. The van der Waals surface area contributed by atoms with E-state index in [9.17, 15) is 0 Å². The molecule has 3 heteroatoms. The first-order chi connectivity index (χ1) is 8.27. The Morgan fingerprint density at radius 1 is 1.00 bits per heavy atom. The molecule has 2 rings (SSSR count). The van der Waals surface area contributed by atoms with Crippen molar-refractivity contribution < 1.29 is 0 Å². The highest BCUT2D eigenvalue weighted by atomic mass is 35.5. The third-order valence-corrected chi connectivity index (χ3v) is 2.91. The molecular formula is C15H19ClN2. The van der Waals surface area contributed by atoms with E-state index in [2.05, 4.69) is 36.5 Å². The number of anilines is 2. The second-order valence-corrected chi connectivity index (χ2v) is 4.19. The molecule has 2 aromatic carbocycles. The predicted molar refractivity (Wildman–Crippen MR) is 81.5 cm³/mol. The Kier molecular flexibility index (Phi) is 5.53. The fraction of sp³-hybridized carbons (Fsp3) is 0.200. The summed E-state index contributed by atoms with van der Waals surface area (Å²) in [5.41, 5.74) is 10.4. The molecule has 0 aliphatic heterocycles. The third-order valence-electron chi connectivity index (χ3n) is 2.91. The quantitative estimate of drug-likeness (QED) is 0.826. The fourth-order valence-corrected chi connectivity index (χ4v) is 1.86. The van der Waals surface area contributed by atoms with Crippen molar-refractivity contribution in [2.75, 3.05) is 17.6 Å². The zero-order chi connectivity index (χ0) is 12.1. The average Bonchev–Trinajstić information content (AvgIpc) is 2.34. The van der Waals surface area contributed by atoms with Gasteiger partial charge >= 0.3 is 0 Å². The number of nitrogens with one attached hydrogen (secondary N) is 1. The molecule has 0 unspecified atom stereocenters. The van der Waals surface area contributed by atoms with Gasteiger partial charge < -0.3 is 11.1 Å². The van der Waals surface area contributed by atoms with Crippen LogP contribution in [0.15, 0.2) is 48.5 Å². The topological polar surface area (TPSA) is 38.0 Å². The van der Waals surface area contributed by atoms with Crippen molar-refractivity contribution in [1.29, 1.82) is 0 Å². The Hall–Kier alpha value is -1.67. The van der Waals surface area contributed by atoms with E-state index < -0.39 is 0 Å². The molecule has 0 spiro atoms. The Morgan fingerprint density at radius 3 is 2.39 bits per heavy atom. The van der Waals surface area contributed by atoms with Crippen LogP contribution in [-0.4, -0.2) is 6.54 Å². The minimum atomic E-state index is 0. The van der Waals surface area contributed by atoms with E-state index >= 15 is 0 Å². The molecular weight excluding hydrogens is 244 g/mol. The van der Waals surface area contributed by atoms with E-state index in [1.807, 2.05) is 24.3 Å². The van der Waals surface area contributed by atoms with E-state index in [-0.39, 0.29) is 12.4 Å². The number of hydrogen-bond donors (Lipinski definition) is 2. The van der Waals surface area contributed by atoms with Crippen molar-refractivity contribution in [2.45, 2.75) is 13.3 Å². The maximum atomic E-state index is 5.90. The average molecular weight is 263 g/mol. The first kappa shape index (κ1) is 14.4. The second kappa shape index (κ2) is 6.92. The molecule has 0 aliphatic carbocycles. The standard InChI is InChI=1S/C15H18N2.ClH/c1-12-6-2-5-9-15(12)17-11-10-13-7-3-4-8-14(13)16;/h2-9,17H,10-11,16H2,1H3;1H. The number of nitrogens with two attached hydrogens (primary N) is 1. The number of para-hydroxylation sites is 2. The minimum Gasteiger partial charge on any atom is -0.399 e. The van der Waals surface area contributed by atoms with E-state index in [0.717, 1.165) is 18.7 Å². The van der Waals surface area contributed by atoms with Gasteiger partial charge in [0.2, 0.25) is 0 Å². The van der Waals surface area contributed by atoms with Crippen LogP contribution in [0.25, 0.3) is 0 Å². The molecule has 0 aliphatic rings. The van der Waals surface area contributed by atoms with Gasteiger partial charge in [-0.25, -0.2) is 0 Å². The lowest BCUT2D eigenvalue weighted by atomic mass is 10.1. The predicted octanol–water partition coefficient (Wildman–Crippen LogP) is 3.65. The summed E-state index contributed by atoms with van der Waals surface area (Å²) in [5, 5.41) is 3.43. The lowest BCUT2D eigenvalue weighted by Gasteiger charge is -2.10. The summed E-state index contributed by atoms with van der Waals surface area (Å²) in [4.78, 5) is 0. The van der Waals surface area contributed by atoms with E-state index in [0.29, 0.717) is 0 Å². The van der Waals surface area contributed by atoms with Gasteiger partial charge in [0.25, 0.3) is 0 Å². The minimum absolute atomic E-state index is 0.